The number of piperidine rings is 1. The Hall–Kier alpha value is -0.940. The first-order chi connectivity index (χ1) is 31.2. The molecule has 0 amide bonds. The largest absolute Gasteiger partial charge is 0.379 e. The first-order valence-electron chi connectivity index (χ1n) is 28.7. The smallest absolute Gasteiger partial charge is 0.0936 e. The highest BCUT2D eigenvalue weighted by Crippen LogP contribution is 2.67. The van der Waals surface area contributed by atoms with Gasteiger partial charge < -0.3 is 19.1 Å². The number of nitrogens with zero attached hydrogens (tertiary/aromatic N) is 1. The molecule has 1 heterocycles. The number of unbranched alkanes of at least 4 members (excludes halogenated alkanes) is 11. The van der Waals surface area contributed by atoms with Gasteiger partial charge in [-0.25, -0.2) is 0 Å². The molecule has 9 atom stereocenters. The first kappa shape index (κ1) is 54.0. The van der Waals surface area contributed by atoms with Gasteiger partial charge in [0.15, 0.2) is 0 Å². The van der Waals surface area contributed by atoms with E-state index in [1.807, 2.05) is 5.57 Å². The molecule has 4 fully saturated rings. The van der Waals surface area contributed by atoms with Crippen LogP contribution in [0.4, 0.5) is 0 Å². The second-order valence-corrected chi connectivity index (χ2v) is 23.4. The summed E-state index contributed by atoms with van der Waals surface area (Å²) in [5, 5.41) is 0. The molecular weight excluding hydrogens is 783 g/mol. The number of allylic oxidation sites excluding steroid dienone is 6. The lowest BCUT2D eigenvalue weighted by molar-refractivity contribution is -0.0548. The van der Waals surface area contributed by atoms with Crippen molar-refractivity contribution in [2.24, 2.45) is 52.3 Å². The molecule has 5 aliphatic rings. The van der Waals surface area contributed by atoms with Gasteiger partial charge in [0.2, 0.25) is 0 Å². The molecule has 4 heteroatoms. The van der Waals surface area contributed by atoms with E-state index in [1.165, 1.54) is 199 Å². The van der Waals surface area contributed by atoms with Crippen molar-refractivity contribution in [2.75, 3.05) is 52.7 Å². The summed E-state index contributed by atoms with van der Waals surface area (Å²) in [7, 11) is 0. The van der Waals surface area contributed by atoms with Gasteiger partial charge in [-0.15, -0.1) is 0 Å². The normalized spacial score (nSPS) is 29.6. The van der Waals surface area contributed by atoms with Crippen LogP contribution >= 0.6 is 0 Å². The summed E-state index contributed by atoms with van der Waals surface area (Å²) in [4.78, 5) is 2.60. The van der Waals surface area contributed by atoms with Crippen LogP contribution in [0, 0.1) is 52.3 Å². The predicted molar refractivity (Wildman–Crippen MR) is 276 cm³/mol. The molecule has 0 N–H and O–H groups in total. The van der Waals surface area contributed by atoms with E-state index < -0.39 is 0 Å². The number of rotatable bonds is 34. The number of ether oxygens (including phenoxy) is 3. The van der Waals surface area contributed by atoms with Crippen molar-refractivity contribution in [3.63, 3.8) is 0 Å². The fourth-order valence-electron chi connectivity index (χ4n) is 14.2. The zero-order valence-corrected chi connectivity index (χ0v) is 43.5. The van der Waals surface area contributed by atoms with Crippen LogP contribution in [0.15, 0.2) is 36.0 Å². The van der Waals surface area contributed by atoms with Gasteiger partial charge in [-0.1, -0.05) is 155 Å². The Morgan fingerprint density at radius 2 is 1.41 bits per heavy atom. The van der Waals surface area contributed by atoms with Gasteiger partial charge in [-0.3, -0.25) is 0 Å². The maximum absolute atomic E-state index is 6.46. The molecule has 0 radical (unpaired) electrons. The summed E-state index contributed by atoms with van der Waals surface area (Å²) in [6.07, 6.45) is 53.1. The van der Waals surface area contributed by atoms with Crippen molar-refractivity contribution in [1.82, 2.24) is 4.90 Å². The highest BCUT2D eigenvalue weighted by atomic mass is 16.5. The lowest BCUT2D eigenvalue weighted by atomic mass is 9.46. The second kappa shape index (κ2) is 30.5. The van der Waals surface area contributed by atoms with Gasteiger partial charge in [0.25, 0.3) is 0 Å². The summed E-state index contributed by atoms with van der Waals surface area (Å²) in [5.41, 5.74) is 2.91. The fourth-order valence-corrected chi connectivity index (χ4v) is 14.2. The summed E-state index contributed by atoms with van der Waals surface area (Å²) in [5.74, 6) is 6.39. The van der Waals surface area contributed by atoms with Crippen LogP contribution in [0.25, 0.3) is 0 Å². The third-order valence-electron chi connectivity index (χ3n) is 18.1. The molecule has 4 nitrogen and oxygen atoms in total. The minimum Gasteiger partial charge on any atom is -0.379 e. The zero-order chi connectivity index (χ0) is 45.3. The van der Waals surface area contributed by atoms with Crippen molar-refractivity contribution in [1.29, 1.82) is 0 Å². The maximum Gasteiger partial charge on any atom is 0.0936 e. The summed E-state index contributed by atoms with van der Waals surface area (Å²) in [6, 6.07) is 0. The molecule has 370 valence electrons. The standard InChI is InChI=1S/C60H107NO3/c1-7-8-9-10-11-12-13-14-15-16-17-18-19-20-21-22-23-27-43-63-49-54(48-61-41-25-24-26-42-61)64-46-45-62-44-29-32-52-37-39-59(5)53(47-52)33-34-55-57-36-35-56(51(4)31-28-30-50(2)3)60(57,6)40-38-58(55)59/h11-12,14-15,33,50-52,54-58H,7-10,13,16-32,34-49H2,1-6H3. The summed E-state index contributed by atoms with van der Waals surface area (Å²) >= 11 is 0. The van der Waals surface area contributed by atoms with Crippen LogP contribution in [-0.4, -0.2) is 63.7 Å². The number of likely N-dealkylation sites (tertiary alicyclic amines) is 1. The third kappa shape index (κ3) is 17.9. The van der Waals surface area contributed by atoms with E-state index in [2.05, 4.69) is 76.8 Å². The second-order valence-electron chi connectivity index (χ2n) is 23.4. The quantitative estimate of drug-likeness (QED) is 0.0476. The number of hydrogen-bond donors (Lipinski definition) is 0. The Morgan fingerprint density at radius 3 is 2.16 bits per heavy atom. The van der Waals surface area contributed by atoms with E-state index in [9.17, 15) is 0 Å². The van der Waals surface area contributed by atoms with Gasteiger partial charge in [-0.2, -0.15) is 0 Å². The van der Waals surface area contributed by atoms with Crippen LogP contribution in [0.2, 0.25) is 0 Å². The average molecular weight is 891 g/mol. The Morgan fingerprint density at radius 1 is 0.688 bits per heavy atom. The van der Waals surface area contributed by atoms with Gasteiger partial charge >= 0.3 is 0 Å². The minimum atomic E-state index is 0.152. The maximum atomic E-state index is 6.46. The van der Waals surface area contributed by atoms with E-state index in [0.29, 0.717) is 24.0 Å². The van der Waals surface area contributed by atoms with Gasteiger partial charge in [0.05, 0.1) is 25.9 Å². The molecule has 64 heavy (non-hydrogen) atoms. The van der Waals surface area contributed by atoms with E-state index in [0.717, 1.165) is 74.2 Å². The van der Waals surface area contributed by atoms with Crippen molar-refractivity contribution in [3.05, 3.63) is 36.0 Å². The topological polar surface area (TPSA) is 30.9 Å². The monoisotopic (exact) mass is 890 g/mol. The van der Waals surface area contributed by atoms with E-state index in [-0.39, 0.29) is 6.10 Å². The van der Waals surface area contributed by atoms with Gasteiger partial charge in [0, 0.05) is 19.8 Å². The van der Waals surface area contributed by atoms with Crippen LogP contribution in [0.3, 0.4) is 0 Å². The highest BCUT2D eigenvalue weighted by molar-refractivity contribution is 5.25. The van der Waals surface area contributed by atoms with Crippen LogP contribution < -0.4 is 0 Å². The first-order valence-corrected chi connectivity index (χ1v) is 28.7. The summed E-state index contributed by atoms with van der Waals surface area (Å²) < 4.78 is 18.9. The molecule has 9 unspecified atom stereocenters. The molecule has 1 aliphatic heterocycles. The fraction of sp³-hybridized carbons (Fsp3) is 0.900. The van der Waals surface area contributed by atoms with E-state index in [4.69, 9.17) is 14.2 Å². The van der Waals surface area contributed by atoms with Crippen LogP contribution in [0.1, 0.15) is 234 Å². The molecule has 4 aliphatic carbocycles. The van der Waals surface area contributed by atoms with E-state index in [1.54, 1.807) is 0 Å². The lowest BCUT2D eigenvalue weighted by Crippen LogP contribution is -2.50. The highest BCUT2D eigenvalue weighted by Gasteiger charge is 2.59. The molecule has 0 spiro atoms. The van der Waals surface area contributed by atoms with Gasteiger partial charge in [-0.05, 0) is 181 Å². The Bertz CT molecular complexity index is 1300. The lowest BCUT2D eigenvalue weighted by Gasteiger charge is -2.58. The van der Waals surface area contributed by atoms with Crippen molar-refractivity contribution < 1.29 is 14.2 Å². The summed E-state index contributed by atoms with van der Waals surface area (Å²) in [6.45, 7) is 22.4. The third-order valence-corrected chi connectivity index (χ3v) is 18.1. The van der Waals surface area contributed by atoms with Crippen LogP contribution in [-0.2, 0) is 14.2 Å². The predicted octanol–water partition coefficient (Wildman–Crippen LogP) is 16.9. The Balaban J connectivity index is 0.893. The molecule has 3 saturated carbocycles. The van der Waals surface area contributed by atoms with Crippen molar-refractivity contribution >= 4 is 0 Å². The van der Waals surface area contributed by atoms with Crippen LogP contribution in [0.5, 0.6) is 0 Å². The number of hydrogen-bond acceptors (Lipinski definition) is 4. The minimum absolute atomic E-state index is 0.152. The average Bonchev–Trinajstić information content (AvgIpc) is 3.65. The molecule has 5 rings (SSSR count). The molecule has 0 aromatic rings. The molecule has 0 aromatic heterocycles. The molecule has 1 saturated heterocycles. The Labute approximate surface area is 398 Å². The SMILES string of the molecule is CCCCCC=CCC=CCCCCCCCCCCOCC(CN1CCCCC1)OCCOCCCC1CCC2(C)C(=CCC3C2CCC2(C)C(C(C)CCCC(C)C)CCC32)C1. The Kier molecular flexibility index (Phi) is 25.8. The molecular formula is C60H107NO3. The van der Waals surface area contributed by atoms with E-state index >= 15 is 0 Å². The number of fused-ring (bicyclic) bond motifs is 5. The molecule has 0 bridgehead atoms. The van der Waals surface area contributed by atoms with Crippen molar-refractivity contribution in [2.45, 2.75) is 240 Å². The zero-order valence-electron chi connectivity index (χ0n) is 43.5. The van der Waals surface area contributed by atoms with Crippen molar-refractivity contribution in [3.8, 4) is 0 Å². The van der Waals surface area contributed by atoms with Gasteiger partial charge in [0.1, 0.15) is 0 Å². The molecule has 0 aromatic carbocycles.